The molecule has 0 aromatic heterocycles. The van der Waals surface area contributed by atoms with E-state index in [1.54, 1.807) is 0 Å². The van der Waals surface area contributed by atoms with Gasteiger partial charge in [0.1, 0.15) is 0 Å². The normalized spacial score (nSPS) is 29.6. The second kappa shape index (κ2) is 8.32. The van der Waals surface area contributed by atoms with Gasteiger partial charge in [-0.2, -0.15) is 0 Å². The van der Waals surface area contributed by atoms with Crippen LogP contribution >= 0.6 is 0 Å². The van der Waals surface area contributed by atoms with Crippen molar-refractivity contribution in [2.45, 2.75) is 58.2 Å². The Hall–Kier alpha value is -0.160. The molecule has 0 amide bonds. The molecule has 0 saturated carbocycles. The van der Waals surface area contributed by atoms with Crippen LogP contribution in [0.15, 0.2) is 0 Å². The minimum absolute atomic E-state index is 0.639. The maximum Gasteiger partial charge on any atom is 0.0477 e. The number of hydrogen-bond donors (Lipinski definition) is 1. The molecule has 2 saturated heterocycles. The number of piperazine rings is 1. The number of nitrogens with zero attached hydrogens (tertiary/aromatic N) is 2. The molecule has 1 N–H and O–H groups in total. The van der Waals surface area contributed by atoms with Gasteiger partial charge in [-0.25, -0.2) is 0 Å². The zero-order valence-corrected chi connectivity index (χ0v) is 13.6. The Morgan fingerprint density at radius 3 is 3.00 bits per heavy atom. The summed E-state index contributed by atoms with van der Waals surface area (Å²) in [6.07, 6.45) is 3.92. The van der Waals surface area contributed by atoms with Crippen LogP contribution in [-0.2, 0) is 4.74 Å². The molecule has 0 aromatic rings. The number of nitrogens with one attached hydrogen (secondary N) is 1. The average molecular weight is 283 g/mol. The monoisotopic (exact) mass is 283 g/mol. The zero-order valence-electron chi connectivity index (χ0n) is 13.6. The molecule has 2 rings (SSSR count). The summed E-state index contributed by atoms with van der Waals surface area (Å²) in [5.74, 6) is 0. The van der Waals surface area contributed by atoms with Crippen molar-refractivity contribution in [2.24, 2.45) is 0 Å². The maximum absolute atomic E-state index is 5.37. The van der Waals surface area contributed by atoms with Crippen LogP contribution < -0.4 is 5.32 Å². The summed E-state index contributed by atoms with van der Waals surface area (Å²) in [6, 6.07) is 2.16. The van der Waals surface area contributed by atoms with Crippen molar-refractivity contribution >= 4 is 0 Å². The molecular weight excluding hydrogens is 250 g/mol. The Morgan fingerprint density at radius 1 is 1.35 bits per heavy atom. The van der Waals surface area contributed by atoms with E-state index in [4.69, 9.17) is 4.74 Å². The summed E-state index contributed by atoms with van der Waals surface area (Å²) in [7, 11) is 0. The van der Waals surface area contributed by atoms with Crippen LogP contribution in [0.5, 0.6) is 0 Å². The van der Waals surface area contributed by atoms with E-state index >= 15 is 0 Å². The van der Waals surface area contributed by atoms with Gasteiger partial charge in [-0.15, -0.1) is 0 Å². The van der Waals surface area contributed by atoms with Gasteiger partial charge < -0.3 is 10.1 Å². The average Bonchev–Trinajstić information content (AvgIpc) is 2.88. The van der Waals surface area contributed by atoms with E-state index in [-0.39, 0.29) is 0 Å². The number of rotatable bonds is 8. The van der Waals surface area contributed by atoms with Crippen molar-refractivity contribution in [3.8, 4) is 0 Å². The second-order valence-corrected chi connectivity index (χ2v) is 6.44. The Morgan fingerprint density at radius 2 is 2.20 bits per heavy atom. The van der Waals surface area contributed by atoms with E-state index in [1.165, 1.54) is 32.5 Å². The highest BCUT2D eigenvalue weighted by Gasteiger charge is 2.35. The molecule has 4 heteroatoms. The van der Waals surface area contributed by atoms with Gasteiger partial charge in [0.2, 0.25) is 0 Å². The van der Waals surface area contributed by atoms with Crippen LogP contribution in [-0.4, -0.2) is 73.9 Å². The second-order valence-electron chi connectivity index (χ2n) is 6.44. The van der Waals surface area contributed by atoms with Crippen LogP contribution in [0.25, 0.3) is 0 Å². The van der Waals surface area contributed by atoms with Gasteiger partial charge in [0.25, 0.3) is 0 Å². The Kier molecular flexibility index (Phi) is 6.75. The zero-order chi connectivity index (χ0) is 14.4. The first kappa shape index (κ1) is 16.2. The lowest BCUT2D eigenvalue weighted by molar-refractivity contribution is 0.0330. The summed E-state index contributed by atoms with van der Waals surface area (Å²) < 4.78 is 5.37. The molecule has 3 atom stereocenters. The Balaban J connectivity index is 1.65. The van der Waals surface area contributed by atoms with Crippen molar-refractivity contribution in [1.82, 2.24) is 15.1 Å². The van der Waals surface area contributed by atoms with E-state index in [0.29, 0.717) is 12.1 Å². The highest BCUT2D eigenvalue weighted by molar-refractivity contribution is 4.92. The molecule has 3 unspecified atom stereocenters. The van der Waals surface area contributed by atoms with Crippen molar-refractivity contribution in [2.75, 3.05) is 45.9 Å². The predicted octanol–water partition coefficient (Wildman–Crippen LogP) is 1.56. The first-order chi connectivity index (χ1) is 9.72. The molecule has 4 nitrogen and oxygen atoms in total. The van der Waals surface area contributed by atoms with Gasteiger partial charge in [0.15, 0.2) is 0 Å². The fraction of sp³-hybridized carbons (Fsp3) is 1.00. The highest BCUT2D eigenvalue weighted by atomic mass is 16.5. The van der Waals surface area contributed by atoms with E-state index in [1.807, 2.05) is 0 Å². The molecule has 2 fully saturated rings. The third kappa shape index (κ3) is 4.42. The lowest BCUT2D eigenvalue weighted by Gasteiger charge is -2.45. The van der Waals surface area contributed by atoms with Gasteiger partial charge in [-0.3, -0.25) is 9.80 Å². The standard InChI is InChI=1S/C16H33N3O/c1-4-20-10-6-8-17-11-14(2)19-13-16-7-5-9-18(16)12-15(19)3/h14-17H,4-13H2,1-3H3. The lowest BCUT2D eigenvalue weighted by atomic mass is 10.1. The molecule has 2 heterocycles. The summed E-state index contributed by atoms with van der Waals surface area (Å²) in [6.45, 7) is 14.6. The Labute approximate surface area is 124 Å². The third-order valence-electron chi connectivity index (χ3n) is 4.84. The molecule has 0 aromatic carbocycles. The van der Waals surface area contributed by atoms with Crippen LogP contribution in [0.2, 0.25) is 0 Å². The maximum atomic E-state index is 5.37. The summed E-state index contributed by atoms with van der Waals surface area (Å²) in [4.78, 5) is 5.41. The summed E-state index contributed by atoms with van der Waals surface area (Å²) >= 11 is 0. The molecular formula is C16H33N3O. The fourth-order valence-electron chi connectivity index (χ4n) is 3.70. The minimum atomic E-state index is 0.639. The van der Waals surface area contributed by atoms with Crippen LogP contribution in [0.3, 0.4) is 0 Å². The van der Waals surface area contributed by atoms with Crippen LogP contribution in [0, 0.1) is 0 Å². The van der Waals surface area contributed by atoms with Gasteiger partial charge >= 0.3 is 0 Å². The van der Waals surface area contributed by atoms with Gasteiger partial charge in [-0.05, 0) is 53.1 Å². The van der Waals surface area contributed by atoms with E-state index in [9.17, 15) is 0 Å². The first-order valence-electron chi connectivity index (χ1n) is 8.50. The Bertz CT molecular complexity index is 274. The molecule has 20 heavy (non-hydrogen) atoms. The molecule has 2 aliphatic rings. The molecule has 0 bridgehead atoms. The molecule has 2 aliphatic heterocycles. The quantitative estimate of drug-likeness (QED) is 0.684. The lowest BCUT2D eigenvalue weighted by Crippen LogP contribution is -2.59. The summed E-state index contributed by atoms with van der Waals surface area (Å²) in [5, 5.41) is 3.59. The van der Waals surface area contributed by atoms with E-state index < -0.39 is 0 Å². The number of hydrogen-bond acceptors (Lipinski definition) is 4. The highest BCUT2D eigenvalue weighted by Crippen LogP contribution is 2.25. The minimum Gasteiger partial charge on any atom is -0.382 e. The third-order valence-corrected chi connectivity index (χ3v) is 4.84. The van der Waals surface area contributed by atoms with Crippen molar-refractivity contribution in [1.29, 1.82) is 0 Å². The van der Waals surface area contributed by atoms with Crippen LogP contribution in [0.1, 0.15) is 40.0 Å². The van der Waals surface area contributed by atoms with Gasteiger partial charge in [-0.1, -0.05) is 0 Å². The van der Waals surface area contributed by atoms with Crippen LogP contribution in [0.4, 0.5) is 0 Å². The molecule has 118 valence electrons. The van der Waals surface area contributed by atoms with Gasteiger partial charge in [0, 0.05) is 51.0 Å². The van der Waals surface area contributed by atoms with E-state index in [0.717, 1.165) is 38.8 Å². The molecule has 0 spiro atoms. The first-order valence-corrected chi connectivity index (χ1v) is 8.50. The van der Waals surface area contributed by atoms with Crippen molar-refractivity contribution in [3.05, 3.63) is 0 Å². The predicted molar refractivity (Wildman–Crippen MR) is 84.2 cm³/mol. The summed E-state index contributed by atoms with van der Waals surface area (Å²) in [5.41, 5.74) is 0. The molecule has 0 radical (unpaired) electrons. The van der Waals surface area contributed by atoms with Gasteiger partial charge in [0.05, 0.1) is 0 Å². The topological polar surface area (TPSA) is 27.7 Å². The van der Waals surface area contributed by atoms with Crippen molar-refractivity contribution in [3.63, 3.8) is 0 Å². The molecule has 0 aliphatic carbocycles. The van der Waals surface area contributed by atoms with E-state index in [2.05, 4.69) is 35.9 Å². The largest absolute Gasteiger partial charge is 0.382 e. The smallest absolute Gasteiger partial charge is 0.0477 e. The fourth-order valence-corrected chi connectivity index (χ4v) is 3.70. The SMILES string of the molecule is CCOCCCNCC(C)N1CC2CCCN2CC1C. The van der Waals surface area contributed by atoms with Crippen molar-refractivity contribution < 1.29 is 4.74 Å². The number of fused-ring (bicyclic) bond motifs is 1. The number of ether oxygens (including phenoxy) is 1.